The third kappa shape index (κ3) is 6.01. The van der Waals surface area contributed by atoms with Crippen LogP contribution < -0.4 is 11.1 Å². The number of urea groups is 1. The SMILES string of the molecule is CC(C)N(C(=O)NCc1ccc(O)cc1)N1CC(=O)N2[C@@H](Cc3ccc(O)c(N)c3)C(=O)N(Cc3cccc4ccccc34)C[C@@H]21. The number of nitrogen functional groups attached to an aromatic ring is 1. The van der Waals surface area contributed by atoms with E-state index in [1.54, 1.807) is 56.2 Å². The number of phenols is 2. The number of piperazine rings is 1. The summed E-state index contributed by atoms with van der Waals surface area (Å²) in [6.07, 6.45) is -0.401. The number of aromatic hydroxyl groups is 2. The van der Waals surface area contributed by atoms with Crippen LogP contribution in [0.2, 0.25) is 0 Å². The summed E-state index contributed by atoms with van der Waals surface area (Å²) in [5, 5.41) is 28.0. The molecular formula is C35H38N6O5. The molecule has 4 aromatic rings. The maximum Gasteiger partial charge on any atom is 0.332 e. The zero-order chi connectivity index (χ0) is 32.5. The molecule has 238 valence electrons. The van der Waals surface area contributed by atoms with Gasteiger partial charge in [-0.2, -0.15) is 5.01 Å². The second kappa shape index (κ2) is 12.6. The fourth-order valence-electron chi connectivity index (χ4n) is 6.47. The minimum Gasteiger partial charge on any atom is -0.508 e. The quantitative estimate of drug-likeness (QED) is 0.173. The third-order valence-electron chi connectivity index (χ3n) is 8.68. The van der Waals surface area contributed by atoms with Gasteiger partial charge in [0.05, 0.1) is 18.8 Å². The molecule has 2 aliphatic heterocycles. The van der Waals surface area contributed by atoms with Crippen molar-refractivity contribution in [2.45, 2.75) is 51.6 Å². The van der Waals surface area contributed by atoms with Gasteiger partial charge in [0.2, 0.25) is 11.8 Å². The van der Waals surface area contributed by atoms with E-state index >= 15 is 0 Å². The lowest BCUT2D eigenvalue weighted by atomic mass is 9.98. The number of hydrazine groups is 1. The molecule has 0 radical (unpaired) electrons. The summed E-state index contributed by atoms with van der Waals surface area (Å²) in [5.41, 5.74) is 8.68. The van der Waals surface area contributed by atoms with Crippen LogP contribution in [-0.2, 0) is 29.1 Å². The van der Waals surface area contributed by atoms with E-state index in [4.69, 9.17) is 5.73 Å². The lowest BCUT2D eigenvalue weighted by Crippen LogP contribution is -2.66. The fraction of sp³-hybridized carbons (Fsp3) is 0.286. The number of amides is 4. The predicted molar refractivity (Wildman–Crippen MR) is 174 cm³/mol. The normalized spacial score (nSPS) is 18.3. The fourth-order valence-corrected chi connectivity index (χ4v) is 6.47. The molecule has 0 unspecified atom stereocenters. The van der Waals surface area contributed by atoms with Crippen LogP contribution in [-0.4, -0.2) is 79.2 Å². The first-order chi connectivity index (χ1) is 22.1. The van der Waals surface area contributed by atoms with Crippen molar-refractivity contribution in [3.63, 3.8) is 0 Å². The summed E-state index contributed by atoms with van der Waals surface area (Å²) in [6.45, 7) is 4.46. The van der Waals surface area contributed by atoms with Crippen molar-refractivity contribution in [3.05, 3.63) is 102 Å². The standard InChI is InChI=1S/C35H38N6O5/c1-22(2)41(35(46)37-18-23-10-13-27(42)14-11-23)39-21-33(44)40-30(17-24-12-15-31(43)29(36)16-24)34(45)38(20-32(39)40)19-26-8-5-7-25-6-3-4-9-28(25)26/h3-16,22,30,32,42-43H,17-21,36H2,1-2H3,(H,37,46)/t30-,32+/m0/s1. The van der Waals surface area contributed by atoms with E-state index in [0.29, 0.717) is 12.1 Å². The smallest absolute Gasteiger partial charge is 0.332 e. The number of phenolic OH excluding ortho intramolecular Hbond substituents is 2. The Bertz CT molecular complexity index is 1770. The van der Waals surface area contributed by atoms with Gasteiger partial charge in [-0.1, -0.05) is 60.7 Å². The lowest BCUT2D eigenvalue weighted by Gasteiger charge is -2.47. The van der Waals surface area contributed by atoms with Gasteiger partial charge in [-0.25, -0.2) is 4.79 Å². The molecule has 4 aromatic carbocycles. The second-order valence-corrected chi connectivity index (χ2v) is 12.1. The molecule has 6 rings (SSSR count). The second-order valence-electron chi connectivity index (χ2n) is 12.1. The van der Waals surface area contributed by atoms with E-state index in [0.717, 1.165) is 21.9 Å². The number of benzene rings is 4. The van der Waals surface area contributed by atoms with Gasteiger partial charge in [-0.05, 0) is 65.6 Å². The maximum atomic E-state index is 14.3. The van der Waals surface area contributed by atoms with Gasteiger partial charge >= 0.3 is 6.03 Å². The highest BCUT2D eigenvalue weighted by Crippen LogP contribution is 2.32. The van der Waals surface area contributed by atoms with E-state index in [-0.39, 0.29) is 67.1 Å². The molecule has 2 saturated heterocycles. The van der Waals surface area contributed by atoms with Crippen molar-refractivity contribution in [1.82, 2.24) is 25.1 Å². The maximum absolute atomic E-state index is 14.3. The summed E-state index contributed by atoms with van der Waals surface area (Å²) >= 11 is 0. The molecule has 11 heteroatoms. The first kappa shape index (κ1) is 30.7. The van der Waals surface area contributed by atoms with Crippen molar-refractivity contribution in [2.24, 2.45) is 0 Å². The van der Waals surface area contributed by atoms with Crippen LogP contribution in [0.1, 0.15) is 30.5 Å². The van der Waals surface area contributed by atoms with Gasteiger partial charge in [-0.3, -0.25) is 14.6 Å². The molecule has 0 spiro atoms. The molecule has 2 aliphatic rings. The number of anilines is 1. The van der Waals surface area contributed by atoms with Crippen LogP contribution in [0, 0.1) is 0 Å². The molecule has 0 aliphatic carbocycles. The number of nitrogens with two attached hydrogens (primary N) is 1. The molecule has 4 amide bonds. The zero-order valence-electron chi connectivity index (χ0n) is 25.8. The van der Waals surface area contributed by atoms with E-state index in [1.165, 1.54) is 6.07 Å². The topological polar surface area (TPSA) is 143 Å². The van der Waals surface area contributed by atoms with E-state index in [1.807, 2.05) is 56.3 Å². The number of rotatable bonds is 8. The van der Waals surface area contributed by atoms with Crippen molar-refractivity contribution in [2.75, 3.05) is 18.8 Å². The molecule has 11 nitrogen and oxygen atoms in total. The number of nitrogens with one attached hydrogen (secondary N) is 1. The average Bonchev–Trinajstić information content (AvgIpc) is 3.35. The Balaban J connectivity index is 1.32. The highest BCUT2D eigenvalue weighted by molar-refractivity contribution is 5.92. The molecule has 0 aromatic heterocycles. The van der Waals surface area contributed by atoms with Crippen LogP contribution in [0.3, 0.4) is 0 Å². The van der Waals surface area contributed by atoms with Crippen LogP contribution in [0.5, 0.6) is 11.5 Å². The van der Waals surface area contributed by atoms with Gasteiger partial charge in [0, 0.05) is 25.6 Å². The van der Waals surface area contributed by atoms with Crippen molar-refractivity contribution in [3.8, 4) is 11.5 Å². The number of carbonyl (C=O) groups excluding carboxylic acids is 3. The van der Waals surface area contributed by atoms with Crippen molar-refractivity contribution < 1.29 is 24.6 Å². The molecule has 5 N–H and O–H groups in total. The van der Waals surface area contributed by atoms with Gasteiger partial charge in [-0.15, -0.1) is 0 Å². The van der Waals surface area contributed by atoms with E-state index in [9.17, 15) is 24.6 Å². The number of fused-ring (bicyclic) bond motifs is 2. The Labute approximate surface area is 267 Å². The largest absolute Gasteiger partial charge is 0.508 e. The molecule has 46 heavy (non-hydrogen) atoms. The molecule has 2 heterocycles. The average molecular weight is 623 g/mol. The molecule has 0 saturated carbocycles. The Morgan fingerprint density at radius 1 is 0.978 bits per heavy atom. The Morgan fingerprint density at radius 2 is 1.70 bits per heavy atom. The molecule has 2 fully saturated rings. The van der Waals surface area contributed by atoms with Gasteiger partial charge in [0.25, 0.3) is 0 Å². The Hall–Kier alpha value is -5.29. The van der Waals surface area contributed by atoms with E-state index < -0.39 is 12.2 Å². The minimum atomic E-state index is -0.843. The summed E-state index contributed by atoms with van der Waals surface area (Å²) < 4.78 is 0. The van der Waals surface area contributed by atoms with Crippen LogP contribution in [0.15, 0.2) is 84.9 Å². The molecule has 0 bridgehead atoms. The van der Waals surface area contributed by atoms with Gasteiger partial charge < -0.3 is 31.1 Å². The van der Waals surface area contributed by atoms with E-state index in [2.05, 4.69) is 5.32 Å². The van der Waals surface area contributed by atoms with Crippen LogP contribution in [0.25, 0.3) is 10.8 Å². The summed E-state index contributed by atoms with van der Waals surface area (Å²) in [5.74, 6) is -0.363. The van der Waals surface area contributed by atoms with Gasteiger partial charge in [0.15, 0.2) is 0 Å². The highest BCUT2D eigenvalue weighted by Gasteiger charge is 2.52. The summed E-state index contributed by atoms with van der Waals surface area (Å²) in [7, 11) is 0. The monoisotopic (exact) mass is 622 g/mol. The van der Waals surface area contributed by atoms with Crippen LogP contribution in [0.4, 0.5) is 10.5 Å². The first-order valence-corrected chi connectivity index (χ1v) is 15.4. The zero-order valence-corrected chi connectivity index (χ0v) is 25.8. The Kier molecular flexibility index (Phi) is 8.42. The molecular weight excluding hydrogens is 584 g/mol. The third-order valence-corrected chi connectivity index (χ3v) is 8.68. The Morgan fingerprint density at radius 3 is 2.43 bits per heavy atom. The predicted octanol–water partition coefficient (Wildman–Crippen LogP) is 3.79. The number of nitrogens with zero attached hydrogens (tertiary/aromatic N) is 4. The number of hydrogen-bond acceptors (Lipinski definition) is 7. The lowest BCUT2D eigenvalue weighted by molar-refractivity contribution is -0.158. The first-order valence-electron chi connectivity index (χ1n) is 15.4. The minimum absolute atomic E-state index is 0.0523. The van der Waals surface area contributed by atoms with Crippen LogP contribution >= 0.6 is 0 Å². The summed E-state index contributed by atoms with van der Waals surface area (Å²) in [6, 6.07) is 23.9. The number of hydrogen-bond donors (Lipinski definition) is 4. The van der Waals surface area contributed by atoms with Gasteiger partial charge in [0.1, 0.15) is 23.7 Å². The highest BCUT2D eigenvalue weighted by atomic mass is 16.3. The number of carbonyl (C=O) groups is 3. The molecule has 2 atom stereocenters. The van der Waals surface area contributed by atoms with Crippen molar-refractivity contribution in [1.29, 1.82) is 0 Å². The van der Waals surface area contributed by atoms with Crippen molar-refractivity contribution >= 4 is 34.3 Å². The summed E-state index contributed by atoms with van der Waals surface area (Å²) in [4.78, 5) is 45.1.